The molecule has 3 heteroatoms. The van der Waals surface area contributed by atoms with Crippen LogP contribution in [0.25, 0.3) is 0 Å². The Morgan fingerprint density at radius 2 is 2.18 bits per heavy atom. The lowest BCUT2D eigenvalue weighted by Crippen LogP contribution is -2.25. The normalized spacial score (nSPS) is 22.0. The third kappa shape index (κ3) is 1.75. The highest BCUT2D eigenvalue weighted by molar-refractivity contribution is 9.10. The van der Waals surface area contributed by atoms with Crippen LogP contribution in [0.4, 0.5) is 0 Å². The first-order chi connectivity index (χ1) is 8.15. The van der Waals surface area contributed by atoms with Crippen molar-refractivity contribution in [1.29, 1.82) is 0 Å². The molecule has 1 atom stereocenters. The summed E-state index contributed by atoms with van der Waals surface area (Å²) >= 11 is 3.39. The van der Waals surface area contributed by atoms with Gasteiger partial charge in [-0.05, 0) is 25.5 Å². The van der Waals surface area contributed by atoms with Crippen molar-refractivity contribution in [1.82, 2.24) is 0 Å². The summed E-state index contributed by atoms with van der Waals surface area (Å²) in [6.07, 6.45) is 4.78. The molecule has 0 unspecified atom stereocenters. The fraction of sp³-hybridized carbons (Fsp3) is 0.214. The molecule has 0 spiro atoms. The van der Waals surface area contributed by atoms with E-state index < -0.39 is 0 Å². The van der Waals surface area contributed by atoms with Gasteiger partial charge in [-0.25, -0.2) is 4.79 Å². The maximum Gasteiger partial charge on any atom is 0.340 e. The van der Waals surface area contributed by atoms with Crippen molar-refractivity contribution < 1.29 is 9.53 Å². The van der Waals surface area contributed by atoms with Gasteiger partial charge in [0.1, 0.15) is 5.75 Å². The number of hydrogen-bond acceptors (Lipinski definition) is 2. The van der Waals surface area contributed by atoms with E-state index in [1.807, 2.05) is 30.4 Å². The summed E-state index contributed by atoms with van der Waals surface area (Å²) in [7, 11) is 0. The van der Waals surface area contributed by atoms with Crippen molar-refractivity contribution in [3.8, 4) is 5.75 Å². The minimum Gasteiger partial charge on any atom is -0.423 e. The molecule has 0 amide bonds. The molecule has 2 nitrogen and oxygen atoms in total. The molecule has 0 radical (unpaired) electrons. The molecule has 2 aliphatic rings. The van der Waals surface area contributed by atoms with Crippen LogP contribution in [0.3, 0.4) is 0 Å². The van der Waals surface area contributed by atoms with E-state index >= 15 is 0 Å². The second kappa shape index (κ2) is 3.84. The Morgan fingerprint density at radius 1 is 1.35 bits per heavy atom. The molecule has 86 valence electrons. The van der Waals surface area contributed by atoms with Crippen molar-refractivity contribution in [2.75, 3.05) is 0 Å². The third-order valence-corrected chi connectivity index (χ3v) is 3.73. The Morgan fingerprint density at radius 3 is 3.00 bits per heavy atom. The van der Waals surface area contributed by atoms with E-state index in [1.54, 1.807) is 0 Å². The average Bonchev–Trinajstić information content (AvgIpc) is 2.28. The first-order valence-electron chi connectivity index (χ1n) is 5.54. The first kappa shape index (κ1) is 10.8. The molecular formula is C14H11BrO2. The van der Waals surface area contributed by atoms with Crippen molar-refractivity contribution in [3.63, 3.8) is 0 Å². The van der Waals surface area contributed by atoms with Gasteiger partial charge in [-0.3, -0.25) is 0 Å². The zero-order chi connectivity index (χ0) is 12.0. The molecule has 1 heterocycles. The number of benzene rings is 1. The number of fused-ring (bicyclic) bond motifs is 3. The van der Waals surface area contributed by atoms with E-state index in [-0.39, 0.29) is 11.9 Å². The zero-order valence-corrected chi connectivity index (χ0v) is 11.0. The highest BCUT2D eigenvalue weighted by Crippen LogP contribution is 2.43. The van der Waals surface area contributed by atoms with E-state index in [9.17, 15) is 4.79 Å². The van der Waals surface area contributed by atoms with E-state index in [4.69, 9.17) is 4.74 Å². The topological polar surface area (TPSA) is 26.3 Å². The van der Waals surface area contributed by atoms with Gasteiger partial charge >= 0.3 is 5.97 Å². The molecule has 3 rings (SSSR count). The summed E-state index contributed by atoms with van der Waals surface area (Å²) in [4.78, 5) is 11.9. The largest absolute Gasteiger partial charge is 0.423 e. The van der Waals surface area contributed by atoms with Crippen LogP contribution in [-0.4, -0.2) is 5.97 Å². The number of allylic oxidation sites excluding steroid dienone is 3. The summed E-state index contributed by atoms with van der Waals surface area (Å²) in [6, 6.07) is 5.88. The van der Waals surface area contributed by atoms with E-state index in [1.165, 1.54) is 5.57 Å². The molecule has 0 aromatic heterocycles. The number of esters is 1. The number of ether oxygens (including phenoxy) is 1. The van der Waals surface area contributed by atoms with Crippen LogP contribution in [0.2, 0.25) is 0 Å². The van der Waals surface area contributed by atoms with Gasteiger partial charge in [-0.1, -0.05) is 39.7 Å². The Kier molecular flexibility index (Phi) is 2.44. The van der Waals surface area contributed by atoms with E-state index in [2.05, 4.69) is 22.9 Å². The molecule has 1 aliphatic heterocycles. The highest BCUT2D eigenvalue weighted by atomic mass is 79.9. The number of halogens is 1. The van der Waals surface area contributed by atoms with Gasteiger partial charge in [-0.2, -0.15) is 0 Å². The number of carbonyl (C=O) groups is 1. The van der Waals surface area contributed by atoms with E-state index in [0.717, 1.165) is 22.0 Å². The maximum atomic E-state index is 11.9. The lowest BCUT2D eigenvalue weighted by molar-refractivity contribution is -0.131. The number of rotatable bonds is 0. The second-order valence-electron chi connectivity index (χ2n) is 4.46. The van der Waals surface area contributed by atoms with E-state index in [0.29, 0.717) is 5.75 Å². The smallest absolute Gasteiger partial charge is 0.340 e. The minimum absolute atomic E-state index is 0.157. The summed E-state index contributed by atoms with van der Waals surface area (Å²) in [5, 5.41) is 0. The standard InChI is InChI=1S/C14H11BrO2/c1-8-2-4-11-12(6-8)10-5-3-9(15)7-13(10)17-14(11)16/h2-5,7,12H,6H2,1H3/t12-/m1/s1. The predicted molar refractivity (Wildman–Crippen MR) is 69.0 cm³/mol. The molecule has 1 aromatic rings. The lowest BCUT2D eigenvalue weighted by Gasteiger charge is -2.29. The molecule has 0 saturated carbocycles. The lowest BCUT2D eigenvalue weighted by atomic mass is 9.81. The summed E-state index contributed by atoms with van der Waals surface area (Å²) < 4.78 is 6.28. The average molecular weight is 291 g/mol. The van der Waals surface area contributed by atoms with Gasteiger partial charge in [0.15, 0.2) is 0 Å². The van der Waals surface area contributed by atoms with Crippen molar-refractivity contribution in [2.45, 2.75) is 19.3 Å². The SMILES string of the molecule is CC1=CC=C2C(=O)Oc3cc(Br)ccc3[C@H]2C1. The molecule has 0 fully saturated rings. The van der Waals surface area contributed by atoms with Gasteiger partial charge in [-0.15, -0.1) is 0 Å². The fourth-order valence-electron chi connectivity index (χ4n) is 2.38. The maximum absolute atomic E-state index is 11.9. The van der Waals surface area contributed by atoms with Crippen LogP contribution in [0, 0.1) is 0 Å². The molecule has 1 aromatic carbocycles. The summed E-state index contributed by atoms with van der Waals surface area (Å²) in [5.74, 6) is 0.620. The van der Waals surface area contributed by atoms with Crippen LogP contribution in [0.1, 0.15) is 24.8 Å². The van der Waals surface area contributed by atoms with Crippen LogP contribution in [-0.2, 0) is 4.79 Å². The first-order valence-corrected chi connectivity index (χ1v) is 6.33. The Bertz CT molecular complexity index is 570. The Balaban J connectivity index is 2.15. The van der Waals surface area contributed by atoms with Crippen LogP contribution in [0.15, 0.2) is 46.0 Å². The molecule has 0 bridgehead atoms. The predicted octanol–water partition coefficient (Wildman–Crippen LogP) is 3.73. The van der Waals surface area contributed by atoms with Crippen LogP contribution >= 0.6 is 15.9 Å². The molecule has 0 N–H and O–H groups in total. The zero-order valence-electron chi connectivity index (χ0n) is 9.37. The Hall–Kier alpha value is -1.35. The monoisotopic (exact) mass is 290 g/mol. The fourth-order valence-corrected chi connectivity index (χ4v) is 2.72. The third-order valence-electron chi connectivity index (χ3n) is 3.24. The molecule has 0 saturated heterocycles. The quantitative estimate of drug-likeness (QED) is 0.538. The van der Waals surface area contributed by atoms with Gasteiger partial charge in [0.2, 0.25) is 0 Å². The molecular weight excluding hydrogens is 280 g/mol. The van der Waals surface area contributed by atoms with Crippen LogP contribution < -0.4 is 4.74 Å². The van der Waals surface area contributed by atoms with Gasteiger partial charge in [0, 0.05) is 21.5 Å². The second-order valence-corrected chi connectivity index (χ2v) is 5.38. The summed E-state index contributed by atoms with van der Waals surface area (Å²) in [5.41, 5.74) is 3.17. The van der Waals surface area contributed by atoms with Gasteiger partial charge in [0.25, 0.3) is 0 Å². The number of hydrogen-bond donors (Lipinski definition) is 0. The van der Waals surface area contributed by atoms with Crippen molar-refractivity contribution in [3.05, 3.63) is 51.5 Å². The molecule has 1 aliphatic carbocycles. The van der Waals surface area contributed by atoms with Crippen LogP contribution in [0.5, 0.6) is 5.75 Å². The highest BCUT2D eigenvalue weighted by Gasteiger charge is 2.33. The minimum atomic E-state index is -0.218. The Labute approximate surface area is 108 Å². The van der Waals surface area contributed by atoms with Gasteiger partial charge in [0.05, 0.1) is 0 Å². The van der Waals surface area contributed by atoms with Gasteiger partial charge < -0.3 is 4.74 Å². The summed E-state index contributed by atoms with van der Waals surface area (Å²) in [6.45, 7) is 2.09. The number of carbonyl (C=O) groups excluding carboxylic acids is 1. The van der Waals surface area contributed by atoms with Crippen molar-refractivity contribution >= 4 is 21.9 Å². The molecule has 17 heavy (non-hydrogen) atoms. The van der Waals surface area contributed by atoms with Crippen molar-refractivity contribution in [2.24, 2.45) is 0 Å².